The Morgan fingerprint density at radius 2 is 1.65 bits per heavy atom. The van der Waals surface area contributed by atoms with Crippen molar-refractivity contribution in [2.75, 3.05) is 0 Å². The lowest BCUT2D eigenvalue weighted by molar-refractivity contribution is 0.104. The van der Waals surface area contributed by atoms with Gasteiger partial charge >= 0.3 is 0 Å². The molecule has 3 rings (SSSR count). The van der Waals surface area contributed by atoms with E-state index in [1.54, 1.807) is 12.1 Å². The van der Waals surface area contributed by atoms with E-state index >= 15 is 0 Å². The Balaban J connectivity index is 2.20. The maximum absolute atomic E-state index is 13.3. The number of ketones is 1. The van der Waals surface area contributed by atoms with Gasteiger partial charge in [-0.25, -0.2) is 4.39 Å². The average Bonchev–Trinajstić information content (AvgIpc) is 2.47. The highest BCUT2D eigenvalue weighted by molar-refractivity contribution is 6.16. The standard InChI is InChI=1S/C18H13FO/c1-12-9-10-17(16-8-3-2-7-15(12)16)18(20)13-5-4-6-14(19)11-13/h2-11H,1H3. The van der Waals surface area contributed by atoms with Crippen LogP contribution >= 0.6 is 0 Å². The van der Waals surface area contributed by atoms with E-state index in [1.165, 1.54) is 12.1 Å². The molecule has 0 fully saturated rings. The van der Waals surface area contributed by atoms with Gasteiger partial charge in [-0.3, -0.25) is 4.79 Å². The smallest absolute Gasteiger partial charge is 0.193 e. The molecule has 0 saturated carbocycles. The molecule has 0 radical (unpaired) electrons. The van der Waals surface area contributed by atoms with Crippen molar-refractivity contribution in [3.8, 4) is 0 Å². The van der Waals surface area contributed by atoms with Crippen LogP contribution in [0.1, 0.15) is 21.5 Å². The summed E-state index contributed by atoms with van der Waals surface area (Å²) in [5, 5.41) is 1.96. The zero-order chi connectivity index (χ0) is 14.1. The van der Waals surface area contributed by atoms with Gasteiger partial charge in [-0.1, -0.05) is 48.5 Å². The van der Waals surface area contributed by atoms with Crippen molar-refractivity contribution >= 4 is 16.6 Å². The topological polar surface area (TPSA) is 17.1 Å². The van der Waals surface area contributed by atoms with Gasteiger partial charge in [0, 0.05) is 11.1 Å². The number of carbonyl (C=O) groups excluding carboxylic acids is 1. The summed E-state index contributed by atoms with van der Waals surface area (Å²) < 4.78 is 13.3. The number of fused-ring (bicyclic) bond motifs is 1. The maximum Gasteiger partial charge on any atom is 0.193 e. The van der Waals surface area contributed by atoms with Crippen LogP contribution in [-0.2, 0) is 0 Å². The molecule has 0 aliphatic carbocycles. The summed E-state index contributed by atoms with van der Waals surface area (Å²) >= 11 is 0. The maximum atomic E-state index is 13.3. The van der Waals surface area contributed by atoms with E-state index in [0.717, 1.165) is 16.3 Å². The van der Waals surface area contributed by atoms with Crippen molar-refractivity contribution in [3.63, 3.8) is 0 Å². The lowest BCUT2D eigenvalue weighted by Gasteiger charge is -2.08. The second-order valence-electron chi connectivity index (χ2n) is 4.82. The molecule has 98 valence electrons. The molecule has 0 amide bonds. The zero-order valence-corrected chi connectivity index (χ0v) is 11.1. The van der Waals surface area contributed by atoms with Crippen molar-refractivity contribution in [2.24, 2.45) is 0 Å². The van der Waals surface area contributed by atoms with Crippen LogP contribution in [-0.4, -0.2) is 5.78 Å². The molecular formula is C18H13FO. The fourth-order valence-corrected chi connectivity index (χ4v) is 2.43. The van der Waals surface area contributed by atoms with Crippen LogP contribution in [0.5, 0.6) is 0 Å². The van der Waals surface area contributed by atoms with Crippen molar-refractivity contribution in [1.29, 1.82) is 0 Å². The Morgan fingerprint density at radius 1 is 0.900 bits per heavy atom. The van der Waals surface area contributed by atoms with Gasteiger partial charge in [-0.2, -0.15) is 0 Å². The summed E-state index contributed by atoms with van der Waals surface area (Å²) in [6.45, 7) is 2.01. The number of benzene rings is 3. The van der Waals surface area contributed by atoms with E-state index in [1.807, 2.05) is 43.3 Å². The van der Waals surface area contributed by atoms with E-state index < -0.39 is 5.82 Å². The number of hydrogen-bond donors (Lipinski definition) is 0. The SMILES string of the molecule is Cc1ccc(C(=O)c2cccc(F)c2)c2ccccc12. The molecule has 0 aromatic heterocycles. The molecule has 0 bridgehead atoms. The Kier molecular flexibility index (Phi) is 3.07. The van der Waals surface area contributed by atoms with Gasteiger partial charge < -0.3 is 0 Å². The molecule has 0 spiro atoms. The molecule has 20 heavy (non-hydrogen) atoms. The second-order valence-corrected chi connectivity index (χ2v) is 4.82. The molecule has 3 aromatic rings. The van der Waals surface area contributed by atoms with E-state index in [4.69, 9.17) is 0 Å². The van der Waals surface area contributed by atoms with Crippen molar-refractivity contribution in [2.45, 2.75) is 6.92 Å². The number of hydrogen-bond acceptors (Lipinski definition) is 1. The fraction of sp³-hybridized carbons (Fsp3) is 0.0556. The average molecular weight is 264 g/mol. The van der Waals surface area contributed by atoms with Gasteiger partial charge in [0.2, 0.25) is 0 Å². The van der Waals surface area contributed by atoms with Crippen LogP contribution < -0.4 is 0 Å². The molecular weight excluding hydrogens is 251 g/mol. The summed E-state index contributed by atoms with van der Waals surface area (Å²) in [7, 11) is 0. The molecule has 0 atom stereocenters. The Labute approximate surface area is 116 Å². The first-order valence-corrected chi connectivity index (χ1v) is 6.45. The number of halogens is 1. The third-order valence-corrected chi connectivity index (χ3v) is 3.47. The molecule has 1 nitrogen and oxygen atoms in total. The normalized spacial score (nSPS) is 10.7. The van der Waals surface area contributed by atoms with Gasteiger partial charge in [0.25, 0.3) is 0 Å². The highest BCUT2D eigenvalue weighted by atomic mass is 19.1. The quantitative estimate of drug-likeness (QED) is 0.622. The highest BCUT2D eigenvalue weighted by Gasteiger charge is 2.13. The van der Waals surface area contributed by atoms with Crippen LogP contribution in [0.15, 0.2) is 60.7 Å². The zero-order valence-electron chi connectivity index (χ0n) is 11.1. The first-order chi connectivity index (χ1) is 9.66. The molecule has 2 heteroatoms. The van der Waals surface area contributed by atoms with Gasteiger partial charge in [0.1, 0.15) is 5.82 Å². The molecule has 0 N–H and O–H groups in total. The molecule has 0 unspecified atom stereocenters. The first-order valence-electron chi connectivity index (χ1n) is 6.45. The first kappa shape index (κ1) is 12.5. The fourth-order valence-electron chi connectivity index (χ4n) is 2.43. The van der Waals surface area contributed by atoms with Crippen LogP contribution in [0.2, 0.25) is 0 Å². The molecule has 0 aliphatic heterocycles. The summed E-state index contributed by atoms with van der Waals surface area (Å²) in [6.07, 6.45) is 0. The third-order valence-electron chi connectivity index (χ3n) is 3.47. The summed E-state index contributed by atoms with van der Waals surface area (Å²) in [5.74, 6) is -0.548. The monoisotopic (exact) mass is 264 g/mol. The van der Waals surface area contributed by atoms with E-state index in [9.17, 15) is 9.18 Å². The largest absolute Gasteiger partial charge is 0.289 e. The van der Waals surface area contributed by atoms with Gasteiger partial charge in [0.05, 0.1) is 0 Å². The van der Waals surface area contributed by atoms with Crippen LogP contribution in [0.3, 0.4) is 0 Å². The van der Waals surface area contributed by atoms with Crippen LogP contribution in [0.4, 0.5) is 4.39 Å². The predicted octanol–water partition coefficient (Wildman–Crippen LogP) is 4.52. The third kappa shape index (κ3) is 2.10. The Hall–Kier alpha value is -2.48. The lowest BCUT2D eigenvalue weighted by atomic mass is 9.95. The number of carbonyl (C=O) groups is 1. The highest BCUT2D eigenvalue weighted by Crippen LogP contribution is 2.24. The minimum Gasteiger partial charge on any atom is -0.289 e. The van der Waals surface area contributed by atoms with E-state index in [2.05, 4.69) is 0 Å². The second kappa shape index (κ2) is 4.89. The predicted molar refractivity (Wildman–Crippen MR) is 78.5 cm³/mol. The van der Waals surface area contributed by atoms with Crippen molar-refractivity contribution in [1.82, 2.24) is 0 Å². The van der Waals surface area contributed by atoms with Gasteiger partial charge in [-0.15, -0.1) is 0 Å². The molecule has 0 aliphatic rings. The van der Waals surface area contributed by atoms with Crippen LogP contribution in [0, 0.1) is 12.7 Å². The van der Waals surface area contributed by atoms with Crippen LogP contribution in [0.25, 0.3) is 10.8 Å². The van der Waals surface area contributed by atoms with E-state index in [0.29, 0.717) is 11.1 Å². The minimum atomic E-state index is -0.396. The van der Waals surface area contributed by atoms with Crippen molar-refractivity contribution < 1.29 is 9.18 Å². The van der Waals surface area contributed by atoms with E-state index in [-0.39, 0.29) is 5.78 Å². The Morgan fingerprint density at radius 3 is 2.40 bits per heavy atom. The summed E-state index contributed by atoms with van der Waals surface area (Å²) in [5.41, 5.74) is 2.10. The number of aryl methyl sites for hydroxylation is 1. The lowest BCUT2D eigenvalue weighted by Crippen LogP contribution is -2.03. The summed E-state index contributed by atoms with van der Waals surface area (Å²) in [6, 6.07) is 17.3. The van der Waals surface area contributed by atoms with Gasteiger partial charge in [0.15, 0.2) is 5.78 Å². The van der Waals surface area contributed by atoms with Crippen molar-refractivity contribution in [3.05, 3.63) is 83.2 Å². The summed E-state index contributed by atoms with van der Waals surface area (Å²) in [4.78, 5) is 12.6. The molecule has 0 saturated heterocycles. The minimum absolute atomic E-state index is 0.152. The van der Waals surface area contributed by atoms with Gasteiger partial charge in [-0.05, 0) is 35.4 Å². The number of rotatable bonds is 2. The Bertz CT molecular complexity index is 805. The molecule has 3 aromatic carbocycles. The molecule has 0 heterocycles.